The van der Waals surface area contributed by atoms with Crippen molar-refractivity contribution in [3.05, 3.63) is 0 Å². The van der Waals surface area contributed by atoms with Crippen LogP contribution in [0.4, 0.5) is 0 Å². The molecule has 0 radical (unpaired) electrons. The van der Waals surface area contributed by atoms with Crippen LogP contribution >= 0.6 is 0 Å². The van der Waals surface area contributed by atoms with Gasteiger partial charge in [-0.25, -0.2) is 9.59 Å². The van der Waals surface area contributed by atoms with Crippen molar-refractivity contribution < 1.29 is 28.1 Å². The van der Waals surface area contributed by atoms with Gasteiger partial charge in [0.1, 0.15) is 5.75 Å². The molecule has 0 saturated heterocycles. The van der Waals surface area contributed by atoms with Crippen LogP contribution in [0.25, 0.3) is 0 Å². The van der Waals surface area contributed by atoms with E-state index in [4.69, 9.17) is 0 Å². The van der Waals surface area contributed by atoms with E-state index in [-0.39, 0.29) is 19.0 Å². The quantitative estimate of drug-likeness (QED) is 0.473. The standard InChI is InChI=1S/C10H17NO6S/c1-4-16-9(13)8(10(14)17-5-2)11-7(12)6-18(3)15/h8H,4-6H2,1-3H3,(H,11,12). The minimum atomic E-state index is -1.51. The first kappa shape index (κ1) is 16.6. The molecule has 0 aromatic carbocycles. The second-order valence-electron chi connectivity index (χ2n) is 3.22. The molecular formula is C10H17NO6S. The molecule has 0 rings (SSSR count). The largest absolute Gasteiger partial charge is 0.464 e. The van der Waals surface area contributed by atoms with E-state index in [1.807, 2.05) is 0 Å². The molecule has 0 aliphatic heterocycles. The first-order valence-electron chi connectivity index (χ1n) is 5.35. The average Bonchev–Trinajstić information content (AvgIpc) is 2.25. The van der Waals surface area contributed by atoms with Gasteiger partial charge in [0, 0.05) is 17.1 Å². The molecule has 1 amide bonds. The molecule has 8 heteroatoms. The molecule has 0 heterocycles. The molecule has 0 aliphatic carbocycles. The SMILES string of the molecule is CCOC(=O)C(NC(=O)CS(C)=O)C(=O)OCC. The monoisotopic (exact) mass is 279 g/mol. The summed E-state index contributed by atoms with van der Waals surface area (Å²) in [6, 6.07) is -1.51. The third kappa shape index (κ3) is 6.33. The highest BCUT2D eigenvalue weighted by molar-refractivity contribution is 7.85. The highest BCUT2D eigenvalue weighted by Gasteiger charge is 2.31. The zero-order valence-electron chi connectivity index (χ0n) is 10.6. The molecule has 0 fully saturated rings. The Morgan fingerprint density at radius 1 is 1.11 bits per heavy atom. The van der Waals surface area contributed by atoms with Crippen molar-refractivity contribution >= 4 is 28.6 Å². The van der Waals surface area contributed by atoms with Crippen molar-refractivity contribution in [2.75, 3.05) is 25.2 Å². The molecule has 0 bridgehead atoms. The molecule has 7 nitrogen and oxygen atoms in total. The van der Waals surface area contributed by atoms with Crippen LogP contribution in [0.2, 0.25) is 0 Å². The zero-order valence-corrected chi connectivity index (χ0v) is 11.4. The highest BCUT2D eigenvalue weighted by atomic mass is 32.2. The van der Waals surface area contributed by atoms with E-state index in [1.165, 1.54) is 6.26 Å². The van der Waals surface area contributed by atoms with Crippen LogP contribution in [0.15, 0.2) is 0 Å². The topological polar surface area (TPSA) is 98.8 Å². The molecule has 0 aromatic rings. The molecule has 1 N–H and O–H groups in total. The van der Waals surface area contributed by atoms with Gasteiger partial charge in [-0.3, -0.25) is 9.00 Å². The normalized spacial score (nSPS) is 11.8. The van der Waals surface area contributed by atoms with Crippen LogP contribution < -0.4 is 5.32 Å². The highest BCUT2D eigenvalue weighted by Crippen LogP contribution is 1.95. The Morgan fingerprint density at radius 2 is 1.56 bits per heavy atom. The number of carbonyl (C=O) groups is 3. The summed E-state index contributed by atoms with van der Waals surface area (Å²) in [5, 5.41) is 2.14. The molecular weight excluding hydrogens is 262 g/mol. The Balaban J connectivity index is 4.65. The molecule has 104 valence electrons. The lowest BCUT2D eigenvalue weighted by Gasteiger charge is -2.15. The zero-order chi connectivity index (χ0) is 14.1. The molecule has 0 aliphatic rings. The summed E-state index contributed by atoms with van der Waals surface area (Å²) in [4.78, 5) is 34.3. The Kier molecular flexibility index (Phi) is 7.93. The van der Waals surface area contributed by atoms with Crippen LogP contribution in [0, 0.1) is 0 Å². The van der Waals surface area contributed by atoms with Gasteiger partial charge in [-0.1, -0.05) is 0 Å². The fourth-order valence-electron chi connectivity index (χ4n) is 1.05. The van der Waals surface area contributed by atoms with Gasteiger partial charge in [0.05, 0.1) is 13.2 Å². The predicted molar refractivity (Wildman–Crippen MR) is 64.1 cm³/mol. The van der Waals surface area contributed by atoms with Gasteiger partial charge in [0.2, 0.25) is 11.9 Å². The van der Waals surface area contributed by atoms with Crippen molar-refractivity contribution in [3.8, 4) is 0 Å². The van der Waals surface area contributed by atoms with Crippen LogP contribution in [-0.4, -0.2) is 53.3 Å². The van der Waals surface area contributed by atoms with Gasteiger partial charge in [-0.2, -0.15) is 0 Å². The third-order valence-corrected chi connectivity index (χ3v) is 2.35. The summed E-state index contributed by atoms with van der Waals surface area (Å²) in [7, 11) is -1.36. The lowest BCUT2D eigenvalue weighted by Crippen LogP contribution is -2.49. The third-order valence-electron chi connectivity index (χ3n) is 1.68. The molecule has 0 aromatic heterocycles. The summed E-state index contributed by atoms with van der Waals surface area (Å²) in [5.41, 5.74) is 0. The fraction of sp³-hybridized carbons (Fsp3) is 0.700. The van der Waals surface area contributed by atoms with Gasteiger partial charge in [0.25, 0.3) is 0 Å². The summed E-state index contributed by atoms with van der Waals surface area (Å²) >= 11 is 0. The van der Waals surface area contributed by atoms with E-state index in [2.05, 4.69) is 14.8 Å². The van der Waals surface area contributed by atoms with Crippen molar-refractivity contribution in [1.82, 2.24) is 5.32 Å². The van der Waals surface area contributed by atoms with Crippen LogP contribution in [0.3, 0.4) is 0 Å². The fourth-order valence-corrected chi connectivity index (χ4v) is 1.51. The number of rotatable bonds is 7. The predicted octanol–water partition coefficient (Wildman–Crippen LogP) is -1.02. The van der Waals surface area contributed by atoms with Crippen molar-refractivity contribution in [3.63, 3.8) is 0 Å². The molecule has 1 atom stereocenters. The maximum atomic E-state index is 11.5. The van der Waals surface area contributed by atoms with E-state index in [9.17, 15) is 18.6 Å². The smallest absolute Gasteiger partial charge is 0.340 e. The lowest BCUT2D eigenvalue weighted by molar-refractivity contribution is -0.159. The first-order valence-corrected chi connectivity index (χ1v) is 7.07. The van der Waals surface area contributed by atoms with E-state index >= 15 is 0 Å². The summed E-state index contributed by atoms with van der Waals surface area (Å²) in [5.74, 6) is -2.77. The van der Waals surface area contributed by atoms with Gasteiger partial charge in [-0.15, -0.1) is 0 Å². The van der Waals surface area contributed by atoms with E-state index in [0.29, 0.717) is 0 Å². The number of carbonyl (C=O) groups excluding carboxylic acids is 3. The number of hydrogen-bond donors (Lipinski definition) is 1. The molecule has 18 heavy (non-hydrogen) atoms. The van der Waals surface area contributed by atoms with Gasteiger partial charge in [-0.05, 0) is 13.8 Å². The van der Waals surface area contributed by atoms with Gasteiger partial charge in [0.15, 0.2) is 0 Å². The number of amides is 1. The van der Waals surface area contributed by atoms with Crippen LogP contribution in [0.1, 0.15) is 13.8 Å². The Labute approximate surface area is 108 Å². The lowest BCUT2D eigenvalue weighted by atomic mass is 10.3. The maximum absolute atomic E-state index is 11.5. The first-order chi connectivity index (χ1) is 8.42. The second kappa shape index (κ2) is 8.62. The summed E-state index contributed by atoms with van der Waals surface area (Å²) in [6.45, 7) is 3.29. The van der Waals surface area contributed by atoms with Crippen molar-refractivity contribution in [2.24, 2.45) is 0 Å². The van der Waals surface area contributed by atoms with Crippen LogP contribution in [0.5, 0.6) is 0 Å². The average molecular weight is 279 g/mol. The van der Waals surface area contributed by atoms with Crippen molar-refractivity contribution in [1.29, 1.82) is 0 Å². The molecule has 0 saturated carbocycles. The Hall–Kier alpha value is -1.44. The minimum Gasteiger partial charge on any atom is -0.464 e. The summed E-state index contributed by atoms with van der Waals surface area (Å²) < 4.78 is 20.1. The van der Waals surface area contributed by atoms with Crippen molar-refractivity contribution in [2.45, 2.75) is 19.9 Å². The number of ether oxygens (including phenoxy) is 2. The van der Waals surface area contributed by atoms with E-state index in [0.717, 1.165) is 0 Å². The molecule has 0 spiro atoms. The van der Waals surface area contributed by atoms with Gasteiger partial charge >= 0.3 is 11.9 Å². The number of nitrogens with one attached hydrogen (secondary N) is 1. The number of hydrogen-bond acceptors (Lipinski definition) is 6. The van der Waals surface area contributed by atoms with E-state index < -0.39 is 34.7 Å². The Morgan fingerprint density at radius 3 is 1.89 bits per heavy atom. The number of esters is 2. The summed E-state index contributed by atoms with van der Waals surface area (Å²) in [6.07, 6.45) is 1.34. The second-order valence-corrected chi connectivity index (χ2v) is 4.66. The van der Waals surface area contributed by atoms with E-state index in [1.54, 1.807) is 13.8 Å². The van der Waals surface area contributed by atoms with Gasteiger partial charge < -0.3 is 14.8 Å². The minimum absolute atomic E-state index is 0.0737. The van der Waals surface area contributed by atoms with Crippen LogP contribution in [-0.2, 0) is 34.7 Å². The maximum Gasteiger partial charge on any atom is 0.340 e. The Bertz CT molecular complexity index is 325. The molecule has 1 unspecified atom stereocenters.